The average molecular weight is 408 g/mol. The Labute approximate surface area is 162 Å². The monoisotopic (exact) mass is 408 g/mol. The highest BCUT2D eigenvalue weighted by Gasteiger charge is 2.40. The summed E-state index contributed by atoms with van der Waals surface area (Å²) in [5.41, 5.74) is -2.55. The van der Waals surface area contributed by atoms with E-state index in [1.54, 1.807) is 0 Å². The standard InChI is InChI=1S/C19H16F4N4O2/c1-11(26-18(28)12-2-5-15(21)17(23)6-12)19(29,8-27-10-24-9-25-27)14-4-3-13(20)7-16(14)22/h2-7,9-11,29H,8H2,1H3,(H,26,28)/t11-,19-/m1/s1. The Bertz CT molecular complexity index is 1030. The molecule has 152 valence electrons. The predicted octanol–water partition coefficient (Wildman–Crippen LogP) is 2.54. The smallest absolute Gasteiger partial charge is 0.251 e. The quantitative estimate of drug-likeness (QED) is 0.615. The molecule has 0 spiro atoms. The van der Waals surface area contributed by atoms with Crippen molar-refractivity contribution in [3.8, 4) is 0 Å². The zero-order valence-corrected chi connectivity index (χ0v) is 15.1. The Morgan fingerprint density at radius 2 is 1.90 bits per heavy atom. The summed E-state index contributed by atoms with van der Waals surface area (Å²) in [6, 6.07) is 4.03. The molecule has 1 amide bonds. The fourth-order valence-electron chi connectivity index (χ4n) is 2.89. The third-order valence-corrected chi connectivity index (χ3v) is 4.51. The summed E-state index contributed by atoms with van der Waals surface area (Å²) in [6.45, 7) is 1.06. The number of aromatic nitrogens is 3. The molecule has 0 bridgehead atoms. The van der Waals surface area contributed by atoms with E-state index < -0.39 is 40.8 Å². The van der Waals surface area contributed by atoms with E-state index in [2.05, 4.69) is 15.4 Å². The molecular formula is C19H16F4N4O2. The number of amides is 1. The van der Waals surface area contributed by atoms with Crippen molar-refractivity contribution in [3.05, 3.63) is 83.4 Å². The molecule has 0 unspecified atom stereocenters. The first-order valence-electron chi connectivity index (χ1n) is 8.47. The lowest BCUT2D eigenvalue weighted by atomic mass is 9.86. The normalized spacial score (nSPS) is 14.3. The molecule has 0 aliphatic rings. The van der Waals surface area contributed by atoms with Crippen LogP contribution in [0.25, 0.3) is 0 Å². The van der Waals surface area contributed by atoms with E-state index in [4.69, 9.17) is 0 Å². The number of carbonyl (C=O) groups excluding carboxylic acids is 1. The number of nitrogens with zero attached hydrogens (tertiary/aromatic N) is 3. The first kappa shape index (κ1) is 20.5. The number of aliphatic hydroxyl groups is 1. The zero-order valence-electron chi connectivity index (χ0n) is 15.1. The van der Waals surface area contributed by atoms with Crippen molar-refractivity contribution in [2.24, 2.45) is 0 Å². The lowest BCUT2D eigenvalue weighted by Gasteiger charge is -2.35. The van der Waals surface area contributed by atoms with Crippen LogP contribution in [0, 0.1) is 23.3 Å². The highest BCUT2D eigenvalue weighted by molar-refractivity contribution is 5.94. The Morgan fingerprint density at radius 3 is 2.52 bits per heavy atom. The van der Waals surface area contributed by atoms with E-state index in [0.29, 0.717) is 12.1 Å². The van der Waals surface area contributed by atoms with Crippen LogP contribution in [-0.4, -0.2) is 31.8 Å². The minimum Gasteiger partial charge on any atom is -0.381 e. The van der Waals surface area contributed by atoms with Gasteiger partial charge >= 0.3 is 0 Å². The molecule has 0 saturated heterocycles. The molecule has 1 heterocycles. The molecule has 0 aliphatic heterocycles. The molecule has 3 aromatic rings. The molecule has 2 aromatic carbocycles. The van der Waals surface area contributed by atoms with Gasteiger partial charge in [-0.15, -0.1) is 0 Å². The van der Waals surface area contributed by atoms with Crippen LogP contribution in [0.1, 0.15) is 22.8 Å². The summed E-state index contributed by atoms with van der Waals surface area (Å²) in [4.78, 5) is 16.2. The van der Waals surface area contributed by atoms with Crippen molar-refractivity contribution in [2.45, 2.75) is 25.1 Å². The van der Waals surface area contributed by atoms with Gasteiger partial charge in [-0.05, 0) is 31.2 Å². The maximum Gasteiger partial charge on any atom is 0.251 e. The van der Waals surface area contributed by atoms with Crippen LogP contribution in [0.4, 0.5) is 17.6 Å². The van der Waals surface area contributed by atoms with Crippen LogP contribution in [0.3, 0.4) is 0 Å². The van der Waals surface area contributed by atoms with Crippen LogP contribution < -0.4 is 5.32 Å². The Kier molecular flexibility index (Phi) is 5.64. The fourth-order valence-corrected chi connectivity index (χ4v) is 2.89. The van der Waals surface area contributed by atoms with Gasteiger partial charge in [0.15, 0.2) is 11.6 Å². The molecule has 10 heteroatoms. The SMILES string of the molecule is C[C@@H](NC(=O)c1ccc(F)c(F)c1)[C@](O)(Cn1cncn1)c1ccc(F)cc1F. The van der Waals surface area contributed by atoms with Crippen molar-refractivity contribution in [2.75, 3.05) is 0 Å². The summed E-state index contributed by atoms with van der Waals surface area (Å²) in [6.07, 6.45) is 2.47. The maximum atomic E-state index is 14.4. The Balaban J connectivity index is 1.94. The third-order valence-electron chi connectivity index (χ3n) is 4.51. The summed E-state index contributed by atoms with van der Waals surface area (Å²) in [5, 5.41) is 17.6. The molecule has 0 saturated carbocycles. The van der Waals surface area contributed by atoms with Crippen molar-refractivity contribution in [1.82, 2.24) is 20.1 Å². The van der Waals surface area contributed by atoms with Gasteiger partial charge in [0.25, 0.3) is 5.91 Å². The van der Waals surface area contributed by atoms with E-state index in [1.807, 2.05) is 0 Å². The van der Waals surface area contributed by atoms with Crippen LogP contribution in [-0.2, 0) is 12.1 Å². The highest BCUT2D eigenvalue weighted by Crippen LogP contribution is 2.30. The second kappa shape index (κ2) is 8.00. The third kappa shape index (κ3) is 4.27. The number of carbonyl (C=O) groups is 1. The second-order valence-electron chi connectivity index (χ2n) is 6.47. The largest absolute Gasteiger partial charge is 0.381 e. The molecule has 2 N–H and O–H groups in total. The summed E-state index contributed by atoms with van der Waals surface area (Å²) in [5.74, 6) is -5.02. The van der Waals surface area contributed by atoms with Crippen molar-refractivity contribution >= 4 is 5.91 Å². The van der Waals surface area contributed by atoms with Gasteiger partial charge in [-0.3, -0.25) is 4.79 Å². The number of halogens is 4. The van der Waals surface area contributed by atoms with Gasteiger partial charge in [0.05, 0.1) is 12.6 Å². The topological polar surface area (TPSA) is 80.0 Å². The maximum absolute atomic E-state index is 14.4. The van der Waals surface area contributed by atoms with E-state index in [0.717, 1.165) is 24.3 Å². The van der Waals surface area contributed by atoms with E-state index >= 15 is 0 Å². The number of rotatable bonds is 6. The minimum atomic E-state index is -2.07. The molecule has 0 radical (unpaired) electrons. The fraction of sp³-hybridized carbons (Fsp3) is 0.211. The van der Waals surface area contributed by atoms with Gasteiger partial charge in [-0.25, -0.2) is 27.2 Å². The van der Waals surface area contributed by atoms with Crippen LogP contribution in [0.15, 0.2) is 49.1 Å². The summed E-state index contributed by atoms with van der Waals surface area (Å²) < 4.78 is 55.5. The molecule has 1 aromatic heterocycles. The van der Waals surface area contributed by atoms with E-state index in [1.165, 1.54) is 24.3 Å². The van der Waals surface area contributed by atoms with Crippen LogP contribution >= 0.6 is 0 Å². The number of benzene rings is 2. The first-order chi connectivity index (χ1) is 13.7. The van der Waals surface area contributed by atoms with Gasteiger partial charge in [0, 0.05) is 17.2 Å². The second-order valence-corrected chi connectivity index (χ2v) is 6.47. The summed E-state index contributed by atoms with van der Waals surface area (Å²) in [7, 11) is 0. The van der Waals surface area contributed by atoms with Gasteiger partial charge < -0.3 is 10.4 Å². The predicted molar refractivity (Wildman–Crippen MR) is 93.6 cm³/mol. The van der Waals surface area contributed by atoms with Crippen LogP contribution in [0.2, 0.25) is 0 Å². The van der Waals surface area contributed by atoms with Crippen LogP contribution in [0.5, 0.6) is 0 Å². The molecule has 0 fully saturated rings. The minimum absolute atomic E-state index is 0.196. The molecular weight excluding hydrogens is 392 g/mol. The molecule has 29 heavy (non-hydrogen) atoms. The number of hydrogen-bond donors (Lipinski definition) is 2. The average Bonchev–Trinajstić information content (AvgIpc) is 3.16. The van der Waals surface area contributed by atoms with Gasteiger partial charge in [0.1, 0.15) is 29.9 Å². The number of hydrogen-bond acceptors (Lipinski definition) is 4. The van der Waals surface area contributed by atoms with E-state index in [9.17, 15) is 27.5 Å². The van der Waals surface area contributed by atoms with Gasteiger partial charge in [-0.2, -0.15) is 5.10 Å². The lowest BCUT2D eigenvalue weighted by Crippen LogP contribution is -2.51. The first-order valence-corrected chi connectivity index (χ1v) is 8.47. The van der Waals surface area contributed by atoms with Crippen molar-refractivity contribution in [3.63, 3.8) is 0 Å². The zero-order chi connectivity index (χ0) is 21.2. The molecule has 2 atom stereocenters. The molecule has 6 nitrogen and oxygen atoms in total. The van der Waals surface area contributed by atoms with Crippen molar-refractivity contribution < 1.29 is 27.5 Å². The number of nitrogens with one attached hydrogen (secondary N) is 1. The Hall–Kier alpha value is -3.27. The Morgan fingerprint density at radius 1 is 1.14 bits per heavy atom. The molecule has 0 aliphatic carbocycles. The van der Waals surface area contributed by atoms with Gasteiger partial charge in [-0.1, -0.05) is 6.07 Å². The highest BCUT2D eigenvalue weighted by atomic mass is 19.2. The molecule has 3 rings (SSSR count). The van der Waals surface area contributed by atoms with Crippen molar-refractivity contribution in [1.29, 1.82) is 0 Å². The lowest BCUT2D eigenvalue weighted by molar-refractivity contribution is -0.0186. The summed E-state index contributed by atoms with van der Waals surface area (Å²) >= 11 is 0. The van der Waals surface area contributed by atoms with Gasteiger partial charge in [0.2, 0.25) is 0 Å². The van der Waals surface area contributed by atoms with E-state index in [-0.39, 0.29) is 17.7 Å².